The number of anilines is 1. The summed E-state index contributed by atoms with van der Waals surface area (Å²) in [7, 11) is 0. The first-order valence-electron chi connectivity index (χ1n) is 5.75. The molecule has 0 unspecified atom stereocenters. The average molecular weight is 287 g/mol. The van der Waals surface area contributed by atoms with E-state index < -0.39 is 11.5 Å². The number of hydrogen-bond donors (Lipinski definition) is 1. The summed E-state index contributed by atoms with van der Waals surface area (Å²) in [6, 6.07) is 6.91. The number of aryl methyl sites for hydroxylation is 1. The maximum absolute atomic E-state index is 12.0. The number of carbonyl (C=O) groups is 1. The molecule has 0 fully saturated rings. The molecule has 0 saturated carbocycles. The van der Waals surface area contributed by atoms with Crippen molar-refractivity contribution in [1.29, 1.82) is 0 Å². The molecule has 2 aromatic heterocycles. The van der Waals surface area contributed by atoms with Crippen molar-refractivity contribution in [2.24, 2.45) is 0 Å². The highest BCUT2D eigenvalue weighted by Crippen LogP contribution is 2.16. The summed E-state index contributed by atoms with van der Waals surface area (Å²) in [6.07, 6.45) is 0. The third-order valence-corrected chi connectivity index (χ3v) is 3.33. The van der Waals surface area contributed by atoms with E-state index in [4.69, 9.17) is 4.42 Å². The smallest absolute Gasteiger partial charge is 0.344 e. The van der Waals surface area contributed by atoms with E-state index >= 15 is 0 Å². The van der Waals surface area contributed by atoms with Gasteiger partial charge in [0.2, 0.25) is 5.13 Å². The molecule has 0 radical (unpaired) electrons. The molecular weight excluding hydrogens is 278 g/mol. The summed E-state index contributed by atoms with van der Waals surface area (Å²) in [5, 5.41) is 11.3. The molecule has 3 aromatic rings. The van der Waals surface area contributed by atoms with E-state index in [1.807, 2.05) is 13.0 Å². The van der Waals surface area contributed by atoms with Gasteiger partial charge in [-0.1, -0.05) is 29.0 Å². The van der Waals surface area contributed by atoms with Gasteiger partial charge in [-0.3, -0.25) is 10.1 Å². The monoisotopic (exact) mass is 287 g/mol. The first-order valence-corrected chi connectivity index (χ1v) is 6.63. The second-order valence-corrected chi connectivity index (χ2v) is 5.02. The molecule has 3 rings (SSSR count). The van der Waals surface area contributed by atoms with Crippen LogP contribution in [0.1, 0.15) is 16.1 Å². The number of rotatable bonds is 2. The largest absolute Gasteiger partial charge is 0.417 e. The van der Waals surface area contributed by atoms with Gasteiger partial charge >= 0.3 is 5.63 Å². The second kappa shape index (κ2) is 4.86. The standard InChI is InChI=1S/C13H9N3O3S/c1-7-2-3-8-5-10(19-12(18)9(8)4-7)11(17)15-13-16-14-6-20-13/h2-6H,1H3,(H,15,16,17). The van der Waals surface area contributed by atoms with Gasteiger partial charge in [0.05, 0.1) is 5.39 Å². The number of benzene rings is 1. The summed E-state index contributed by atoms with van der Waals surface area (Å²) in [5.74, 6) is -0.581. The zero-order valence-electron chi connectivity index (χ0n) is 10.4. The maximum Gasteiger partial charge on any atom is 0.344 e. The summed E-state index contributed by atoms with van der Waals surface area (Å²) < 4.78 is 5.04. The Morgan fingerprint density at radius 2 is 2.20 bits per heavy atom. The number of carbonyl (C=O) groups excluding carboxylic acids is 1. The molecule has 0 atom stereocenters. The van der Waals surface area contributed by atoms with Crippen molar-refractivity contribution in [3.05, 3.63) is 51.5 Å². The number of amides is 1. The van der Waals surface area contributed by atoms with Crippen LogP contribution in [0.3, 0.4) is 0 Å². The fraction of sp³-hybridized carbons (Fsp3) is 0.0769. The van der Waals surface area contributed by atoms with Crippen molar-refractivity contribution in [3.8, 4) is 0 Å². The van der Waals surface area contributed by atoms with Crippen LogP contribution in [0.5, 0.6) is 0 Å². The van der Waals surface area contributed by atoms with Gasteiger partial charge in [0.1, 0.15) is 5.51 Å². The van der Waals surface area contributed by atoms with Gasteiger partial charge < -0.3 is 4.42 Å². The Labute approximate surface area is 117 Å². The third-order valence-electron chi connectivity index (χ3n) is 2.72. The molecule has 7 heteroatoms. The van der Waals surface area contributed by atoms with Crippen LogP contribution < -0.4 is 10.9 Å². The van der Waals surface area contributed by atoms with Crippen LogP contribution in [-0.4, -0.2) is 16.1 Å². The molecule has 0 spiro atoms. The number of fused-ring (bicyclic) bond motifs is 1. The Morgan fingerprint density at radius 3 is 2.95 bits per heavy atom. The van der Waals surface area contributed by atoms with Crippen molar-refractivity contribution < 1.29 is 9.21 Å². The van der Waals surface area contributed by atoms with Gasteiger partial charge in [0.25, 0.3) is 5.91 Å². The quantitative estimate of drug-likeness (QED) is 0.781. The summed E-state index contributed by atoms with van der Waals surface area (Å²) >= 11 is 1.18. The number of aromatic nitrogens is 2. The number of hydrogen-bond acceptors (Lipinski definition) is 6. The van der Waals surface area contributed by atoms with Crippen LogP contribution in [0.4, 0.5) is 5.13 Å². The average Bonchev–Trinajstić information content (AvgIpc) is 2.92. The first-order chi connectivity index (χ1) is 9.63. The minimum atomic E-state index is -0.534. The number of nitrogens with one attached hydrogen (secondary N) is 1. The van der Waals surface area contributed by atoms with Crippen molar-refractivity contribution in [2.75, 3.05) is 5.32 Å². The Morgan fingerprint density at radius 1 is 1.35 bits per heavy atom. The molecule has 0 saturated heterocycles. The maximum atomic E-state index is 12.0. The topological polar surface area (TPSA) is 85.1 Å². The van der Waals surface area contributed by atoms with Crippen LogP contribution in [0, 0.1) is 6.92 Å². The summed E-state index contributed by atoms with van der Waals surface area (Å²) in [6.45, 7) is 1.88. The fourth-order valence-corrected chi connectivity index (χ4v) is 2.24. The lowest BCUT2D eigenvalue weighted by molar-refractivity contribution is 0.0993. The third kappa shape index (κ3) is 2.30. The molecule has 0 aliphatic rings. The van der Waals surface area contributed by atoms with E-state index in [9.17, 15) is 9.59 Å². The Kier molecular flexibility index (Phi) is 3.03. The highest BCUT2D eigenvalue weighted by Gasteiger charge is 2.13. The number of nitrogens with zero attached hydrogens (tertiary/aromatic N) is 2. The van der Waals surface area contributed by atoms with Crippen LogP contribution in [0.25, 0.3) is 10.8 Å². The Hall–Kier alpha value is -2.54. The molecule has 100 valence electrons. The van der Waals surface area contributed by atoms with E-state index in [0.29, 0.717) is 15.9 Å². The fourth-order valence-electron chi connectivity index (χ4n) is 1.80. The second-order valence-electron chi connectivity index (χ2n) is 4.19. The first kappa shape index (κ1) is 12.5. The lowest BCUT2D eigenvalue weighted by Crippen LogP contribution is -2.14. The van der Waals surface area contributed by atoms with Crippen molar-refractivity contribution in [2.45, 2.75) is 6.92 Å². The highest BCUT2D eigenvalue weighted by molar-refractivity contribution is 7.13. The lowest BCUT2D eigenvalue weighted by atomic mass is 10.1. The molecule has 6 nitrogen and oxygen atoms in total. The highest BCUT2D eigenvalue weighted by atomic mass is 32.1. The van der Waals surface area contributed by atoms with Crippen LogP contribution in [0.2, 0.25) is 0 Å². The minimum Gasteiger partial charge on any atom is -0.417 e. The van der Waals surface area contributed by atoms with Crippen molar-refractivity contribution in [3.63, 3.8) is 0 Å². The SMILES string of the molecule is Cc1ccc2cc(C(=O)Nc3nncs3)oc(=O)c2c1. The Bertz CT molecular complexity index is 840. The predicted octanol–water partition coefficient (Wildman–Crippen LogP) is 2.21. The van der Waals surface area contributed by atoms with Crippen LogP contribution in [0.15, 0.2) is 39.0 Å². The van der Waals surface area contributed by atoms with E-state index in [-0.39, 0.29) is 5.76 Å². The lowest BCUT2D eigenvalue weighted by Gasteiger charge is -2.02. The summed E-state index contributed by atoms with van der Waals surface area (Å²) in [4.78, 5) is 23.9. The van der Waals surface area contributed by atoms with Gasteiger partial charge in [0.15, 0.2) is 5.76 Å². The van der Waals surface area contributed by atoms with E-state index in [2.05, 4.69) is 15.5 Å². The van der Waals surface area contributed by atoms with E-state index in [1.165, 1.54) is 22.9 Å². The molecule has 0 bridgehead atoms. The molecule has 0 aliphatic heterocycles. The van der Waals surface area contributed by atoms with Crippen molar-refractivity contribution >= 4 is 33.1 Å². The zero-order valence-corrected chi connectivity index (χ0v) is 11.2. The molecule has 0 aliphatic carbocycles. The Balaban J connectivity index is 2.02. The van der Waals surface area contributed by atoms with Crippen molar-refractivity contribution in [1.82, 2.24) is 10.2 Å². The van der Waals surface area contributed by atoms with Gasteiger partial charge in [-0.2, -0.15) is 0 Å². The van der Waals surface area contributed by atoms with E-state index in [0.717, 1.165) is 5.56 Å². The van der Waals surface area contributed by atoms with Crippen LogP contribution >= 0.6 is 11.3 Å². The summed E-state index contributed by atoms with van der Waals surface area (Å²) in [5.41, 5.74) is 1.92. The zero-order chi connectivity index (χ0) is 14.1. The normalized spacial score (nSPS) is 10.7. The van der Waals surface area contributed by atoms with Gasteiger partial charge in [-0.05, 0) is 24.4 Å². The molecule has 1 N–H and O–H groups in total. The molecule has 20 heavy (non-hydrogen) atoms. The molecule has 1 aromatic carbocycles. The minimum absolute atomic E-state index is 0.0541. The van der Waals surface area contributed by atoms with Gasteiger partial charge in [-0.15, -0.1) is 10.2 Å². The molecule has 2 heterocycles. The van der Waals surface area contributed by atoms with E-state index in [1.54, 1.807) is 12.1 Å². The molecule has 1 amide bonds. The van der Waals surface area contributed by atoms with Gasteiger partial charge in [-0.25, -0.2) is 4.79 Å². The predicted molar refractivity (Wildman–Crippen MR) is 75.1 cm³/mol. The van der Waals surface area contributed by atoms with Crippen LogP contribution in [-0.2, 0) is 0 Å². The molecular formula is C13H9N3O3S. The van der Waals surface area contributed by atoms with Gasteiger partial charge in [0, 0.05) is 0 Å².